The van der Waals surface area contributed by atoms with Crippen molar-refractivity contribution in [1.82, 2.24) is 15.6 Å². The Labute approximate surface area is 187 Å². The summed E-state index contributed by atoms with van der Waals surface area (Å²) >= 11 is 8.09. The number of aliphatic imine (C=N–C) groups is 1. The smallest absolute Gasteiger partial charge is 0.191 e. The highest BCUT2D eigenvalue weighted by Crippen LogP contribution is 2.25. The molecule has 3 rings (SSSR count). The number of guanidine groups is 1. The van der Waals surface area contributed by atoms with Gasteiger partial charge in [0.1, 0.15) is 5.82 Å². The van der Waals surface area contributed by atoms with E-state index >= 15 is 0 Å². The van der Waals surface area contributed by atoms with E-state index in [1.54, 1.807) is 6.20 Å². The van der Waals surface area contributed by atoms with Crippen LogP contribution in [0.4, 0.5) is 5.82 Å². The number of rotatable bonds is 6. The third-order valence-electron chi connectivity index (χ3n) is 4.54. The highest BCUT2D eigenvalue weighted by molar-refractivity contribution is 14.0. The van der Waals surface area contributed by atoms with E-state index in [-0.39, 0.29) is 24.0 Å². The SMILES string of the molecule is CN=C(NCC(C)Cc1cccs1)NC1CCN(c2ncccc2Cl)C1.I. The first kappa shape index (κ1) is 22.2. The summed E-state index contributed by atoms with van der Waals surface area (Å²) in [6, 6.07) is 8.40. The minimum absolute atomic E-state index is 0. The molecule has 0 aromatic carbocycles. The minimum Gasteiger partial charge on any atom is -0.356 e. The number of nitrogens with one attached hydrogen (secondary N) is 2. The fourth-order valence-electron chi connectivity index (χ4n) is 3.18. The zero-order chi connectivity index (χ0) is 18.4. The summed E-state index contributed by atoms with van der Waals surface area (Å²) in [7, 11) is 1.82. The van der Waals surface area contributed by atoms with Crippen LogP contribution in [0.2, 0.25) is 5.02 Å². The molecule has 0 amide bonds. The van der Waals surface area contributed by atoms with Crippen LogP contribution in [-0.2, 0) is 6.42 Å². The van der Waals surface area contributed by atoms with Crippen molar-refractivity contribution >= 4 is 58.7 Å². The lowest BCUT2D eigenvalue weighted by Crippen LogP contribution is -2.45. The van der Waals surface area contributed by atoms with Gasteiger partial charge in [0.25, 0.3) is 0 Å². The number of thiophene rings is 1. The van der Waals surface area contributed by atoms with Crippen molar-refractivity contribution in [3.05, 3.63) is 45.7 Å². The van der Waals surface area contributed by atoms with Crippen LogP contribution >= 0.6 is 46.9 Å². The molecule has 2 unspecified atom stereocenters. The summed E-state index contributed by atoms with van der Waals surface area (Å²) < 4.78 is 0. The monoisotopic (exact) mass is 519 g/mol. The normalized spacial score (nSPS) is 18.1. The van der Waals surface area contributed by atoms with Crippen molar-refractivity contribution in [3.63, 3.8) is 0 Å². The first-order valence-corrected chi connectivity index (χ1v) is 10.3. The first-order valence-electron chi connectivity index (χ1n) is 9.00. The Bertz CT molecular complexity index is 725. The summed E-state index contributed by atoms with van der Waals surface area (Å²) in [6.07, 6.45) is 3.92. The van der Waals surface area contributed by atoms with Crippen molar-refractivity contribution in [2.45, 2.75) is 25.8 Å². The highest BCUT2D eigenvalue weighted by Gasteiger charge is 2.25. The zero-order valence-corrected chi connectivity index (χ0v) is 19.6. The number of nitrogens with zero attached hydrogens (tertiary/aromatic N) is 3. The fraction of sp³-hybridized carbons (Fsp3) is 0.474. The molecule has 0 bridgehead atoms. The van der Waals surface area contributed by atoms with E-state index in [2.05, 4.69) is 49.9 Å². The van der Waals surface area contributed by atoms with E-state index < -0.39 is 0 Å². The van der Waals surface area contributed by atoms with E-state index in [0.29, 0.717) is 17.0 Å². The molecule has 148 valence electrons. The molecule has 2 atom stereocenters. The Morgan fingerprint density at radius 2 is 2.30 bits per heavy atom. The van der Waals surface area contributed by atoms with Gasteiger partial charge in [-0.25, -0.2) is 4.98 Å². The van der Waals surface area contributed by atoms with Crippen molar-refractivity contribution in [3.8, 4) is 0 Å². The molecule has 5 nitrogen and oxygen atoms in total. The molecular formula is C19H27ClIN5S. The van der Waals surface area contributed by atoms with Gasteiger partial charge in [0, 0.05) is 43.8 Å². The Kier molecular flexibility index (Phi) is 9.11. The van der Waals surface area contributed by atoms with E-state index in [9.17, 15) is 0 Å². The van der Waals surface area contributed by atoms with Gasteiger partial charge in [0.05, 0.1) is 5.02 Å². The average Bonchev–Trinajstić information content (AvgIpc) is 3.31. The second kappa shape index (κ2) is 11.1. The van der Waals surface area contributed by atoms with Crippen LogP contribution in [0, 0.1) is 5.92 Å². The molecule has 0 saturated carbocycles. The highest BCUT2D eigenvalue weighted by atomic mass is 127. The van der Waals surface area contributed by atoms with Crippen LogP contribution in [0.1, 0.15) is 18.2 Å². The van der Waals surface area contributed by atoms with Gasteiger partial charge < -0.3 is 15.5 Å². The topological polar surface area (TPSA) is 52.6 Å². The maximum absolute atomic E-state index is 6.27. The second-order valence-electron chi connectivity index (χ2n) is 6.73. The Hall–Kier alpha value is -1.06. The Morgan fingerprint density at radius 3 is 3.00 bits per heavy atom. The third kappa shape index (κ3) is 6.50. The molecule has 1 fully saturated rings. The molecule has 0 aliphatic carbocycles. The Morgan fingerprint density at radius 1 is 1.44 bits per heavy atom. The van der Waals surface area contributed by atoms with Gasteiger partial charge in [-0.05, 0) is 42.3 Å². The largest absolute Gasteiger partial charge is 0.356 e. The summed E-state index contributed by atoms with van der Waals surface area (Å²) in [5, 5.41) is 9.83. The first-order chi connectivity index (χ1) is 12.7. The van der Waals surface area contributed by atoms with Crippen LogP contribution < -0.4 is 15.5 Å². The molecular weight excluding hydrogens is 493 g/mol. The molecule has 8 heteroatoms. The number of hydrogen-bond donors (Lipinski definition) is 2. The lowest BCUT2D eigenvalue weighted by atomic mass is 10.1. The van der Waals surface area contributed by atoms with Gasteiger partial charge >= 0.3 is 0 Å². The van der Waals surface area contributed by atoms with Crippen molar-refractivity contribution in [2.24, 2.45) is 10.9 Å². The molecule has 2 aromatic heterocycles. The second-order valence-corrected chi connectivity index (χ2v) is 8.17. The maximum Gasteiger partial charge on any atom is 0.191 e. The van der Waals surface area contributed by atoms with Crippen LogP contribution in [0.15, 0.2) is 40.8 Å². The number of pyridine rings is 1. The van der Waals surface area contributed by atoms with E-state index in [1.807, 2.05) is 30.5 Å². The summed E-state index contributed by atoms with van der Waals surface area (Å²) in [4.78, 5) is 12.4. The van der Waals surface area contributed by atoms with E-state index in [0.717, 1.165) is 44.3 Å². The van der Waals surface area contributed by atoms with Gasteiger partial charge in [-0.3, -0.25) is 4.99 Å². The van der Waals surface area contributed by atoms with Gasteiger partial charge in [-0.15, -0.1) is 35.3 Å². The molecule has 0 radical (unpaired) electrons. The number of aromatic nitrogens is 1. The maximum atomic E-state index is 6.27. The molecule has 27 heavy (non-hydrogen) atoms. The third-order valence-corrected chi connectivity index (χ3v) is 5.73. The predicted molar refractivity (Wildman–Crippen MR) is 127 cm³/mol. The molecule has 1 saturated heterocycles. The lowest BCUT2D eigenvalue weighted by molar-refractivity contribution is 0.554. The van der Waals surface area contributed by atoms with E-state index in [1.165, 1.54) is 4.88 Å². The van der Waals surface area contributed by atoms with Crippen molar-refractivity contribution in [2.75, 3.05) is 31.6 Å². The summed E-state index contributed by atoms with van der Waals surface area (Å²) in [5.74, 6) is 2.28. The minimum atomic E-state index is 0. The molecule has 0 spiro atoms. The summed E-state index contributed by atoms with van der Waals surface area (Å²) in [6.45, 7) is 4.99. The standard InChI is InChI=1S/C19H26ClN5S.HI/c1-14(11-16-5-4-10-26-16)12-23-19(21-2)24-15-7-9-25(13-15)18-17(20)6-3-8-22-18;/h3-6,8,10,14-15H,7,9,11-13H2,1-2H3,(H2,21,23,24);1H. The molecule has 1 aliphatic rings. The fourth-order valence-corrected chi connectivity index (χ4v) is 4.29. The van der Waals surface area contributed by atoms with Gasteiger partial charge in [0.2, 0.25) is 0 Å². The number of anilines is 1. The van der Waals surface area contributed by atoms with Gasteiger partial charge in [0.15, 0.2) is 5.96 Å². The lowest BCUT2D eigenvalue weighted by Gasteiger charge is -2.21. The molecule has 2 N–H and O–H groups in total. The average molecular weight is 520 g/mol. The van der Waals surface area contributed by atoms with Crippen molar-refractivity contribution < 1.29 is 0 Å². The number of hydrogen-bond acceptors (Lipinski definition) is 4. The molecule has 3 heterocycles. The van der Waals surface area contributed by atoms with Gasteiger partial charge in [-0.1, -0.05) is 24.6 Å². The summed E-state index contributed by atoms with van der Waals surface area (Å²) in [5.41, 5.74) is 0. The van der Waals surface area contributed by atoms with E-state index in [4.69, 9.17) is 11.6 Å². The van der Waals surface area contributed by atoms with Crippen LogP contribution in [-0.4, -0.2) is 43.7 Å². The van der Waals surface area contributed by atoms with Crippen molar-refractivity contribution in [1.29, 1.82) is 0 Å². The van der Waals surface area contributed by atoms with Crippen LogP contribution in [0.5, 0.6) is 0 Å². The quantitative estimate of drug-likeness (QED) is 0.344. The molecule has 1 aliphatic heterocycles. The van der Waals surface area contributed by atoms with Gasteiger partial charge in [-0.2, -0.15) is 0 Å². The Balaban J connectivity index is 0.00000261. The predicted octanol–water partition coefficient (Wildman–Crippen LogP) is 4.04. The zero-order valence-electron chi connectivity index (χ0n) is 15.7. The molecule has 2 aromatic rings. The van der Waals surface area contributed by atoms with Crippen LogP contribution in [0.25, 0.3) is 0 Å². The van der Waals surface area contributed by atoms with Crippen LogP contribution in [0.3, 0.4) is 0 Å². The number of halogens is 2.